The lowest BCUT2D eigenvalue weighted by Gasteiger charge is -1.87. The number of imidazole rings is 1. The number of furan rings is 1. The zero-order chi connectivity index (χ0) is 9.54. The topological polar surface area (TPSA) is 54.7 Å². The summed E-state index contributed by atoms with van der Waals surface area (Å²) in [4.78, 5) is 11.9. The molecule has 0 saturated carbocycles. The lowest BCUT2D eigenvalue weighted by Crippen LogP contribution is -1.79. The van der Waals surface area contributed by atoms with Gasteiger partial charge in [-0.05, 0) is 0 Å². The number of pyridine rings is 1. The molecular formula is C10H9N3O. The summed E-state index contributed by atoms with van der Waals surface area (Å²) in [5.41, 5.74) is 3.42. The van der Waals surface area contributed by atoms with Crippen LogP contribution in [0.1, 0.15) is 12.7 Å². The van der Waals surface area contributed by atoms with Gasteiger partial charge in [0.25, 0.3) is 0 Å². The second kappa shape index (κ2) is 2.57. The Kier molecular flexibility index (Phi) is 1.39. The maximum absolute atomic E-state index is 5.34. The Morgan fingerprint density at radius 2 is 2.43 bits per heavy atom. The maximum atomic E-state index is 5.34. The number of nitrogens with one attached hydrogen (secondary N) is 1. The van der Waals surface area contributed by atoms with Crippen molar-refractivity contribution < 1.29 is 4.42 Å². The van der Waals surface area contributed by atoms with E-state index < -0.39 is 0 Å². The van der Waals surface area contributed by atoms with E-state index >= 15 is 0 Å². The average Bonchev–Trinajstić information content (AvgIpc) is 2.82. The van der Waals surface area contributed by atoms with Crippen LogP contribution in [0, 0.1) is 0 Å². The van der Waals surface area contributed by atoms with Crippen LogP contribution in [-0.2, 0) is 6.42 Å². The van der Waals surface area contributed by atoms with E-state index in [4.69, 9.17) is 4.42 Å². The molecular weight excluding hydrogens is 178 g/mol. The number of fused-ring (bicyclic) bond motifs is 3. The average molecular weight is 187 g/mol. The minimum Gasteiger partial charge on any atom is -0.460 e. The van der Waals surface area contributed by atoms with Crippen LogP contribution in [0.15, 0.2) is 22.9 Å². The number of hydrogen-bond donors (Lipinski definition) is 1. The van der Waals surface area contributed by atoms with Crippen LogP contribution in [0.4, 0.5) is 0 Å². The van der Waals surface area contributed by atoms with Crippen LogP contribution in [0.25, 0.3) is 22.1 Å². The zero-order valence-electron chi connectivity index (χ0n) is 7.74. The monoisotopic (exact) mass is 187 g/mol. The molecule has 0 aromatic carbocycles. The summed E-state index contributed by atoms with van der Waals surface area (Å²) in [6.45, 7) is 2.06. The molecule has 0 unspecified atom stereocenters. The lowest BCUT2D eigenvalue weighted by molar-refractivity contribution is 0.618. The minimum atomic E-state index is 0.762. The van der Waals surface area contributed by atoms with Crippen LogP contribution < -0.4 is 0 Å². The van der Waals surface area contributed by atoms with Crippen molar-refractivity contribution in [1.82, 2.24) is 15.0 Å². The standard InChI is InChI=1S/C10H9N3O/c1-2-8-12-7-5-11-6-3-4-14-10(6)9(7)13-8/h3-5H,2H2,1H3,(H,12,13). The summed E-state index contributed by atoms with van der Waals surface area (Å²) in [5.74, 6) is 0.964. The predicted octanol–water partition coefficient (Wildman–Crippen LogP) is 2.27. The van der Waals surface area contributed by atoms with Gasteiger partial charge in [-0.1, -0.05) is 6.92 Å². The van der Waals surface area contributed by atoms with Crippen molar-refractivity contribution in [2.75, 3.05) is 0 Å². The highest BCUT2D eigenvalue weighted by Crippen LogP contribution is 2.22. The van der Waals surface area contributed by atoms with Crippen molar-refractivity contribution in [1.29, 1.82) is 0 Å². The number of hydrogen-bond acceptors (Lipinski definition) is 3. The third kappa shape index (κ3) is 0.878. The van der Waals surface area contributed by atoms with E-state index in [9.17, 15) is 0 Å². The van der Waals surface area contributed by atoms with E-state index in [0.29, 0.717) is 0 Å². The SMILES string of the molecule is CCc1nc2c(cnc3ccoc32)[nH]1. The Hall–Kier alpha value is -1.84. The number of aromatic amines is 1. The van der Waals surface area contributed by atoms with E-state index in [1.54, 1.807) is 12.5 Å². The summed E-state index contributed by atoms with van der Waals surface area (Å²) in [6, 6.07) is 1.84. The molecule has 0 aliphatic carbocycles. The van der Waals surface area contributed by atoms with Crippen molar-refractivity contribution in [2.45, 2.75) is 13.3 Å². The fraction of sp³-hybridized carbons (Fsp3) is 0.200. The summed E-state index contributed by atoms with van der Waals surface area (Å²) >= 11 is 0. The smallest absolute Gasteiger partial charge is 0.180 e. The Balaban J connectivity index is 2.49. The van der Waals surface area contributed by atoms with Gasteiger partial charge in [0.15, 0.2) is 5.58 Å². The van der Waals surface area contributed by atoms with Gasteiger partial charge in [0.1, 0.15) is 16.9 Å². The molecule has 4 heteroatoms. The van der Waals surface area contributed by atoms with Crippen molar-refractivity contribution in [3.63, 3.8) is 0 Å². The molecule has 0 saturated heterocycles. The lowest BCUT2D eigenvalue weighted by atomic mass is 10.3. The van der Waals surface area contributed by atoms with Gasteiger partial charge in [0, 0.05) is 12.5 Å². The normalized spacial score (nSPS) is 11.5. The van der Waals surface area contributed by atoms with E-state index in [0.717, 1.165) is 34.4 Å². The highest BCUT2D eigenvalue weighted by Gasteiger charge is 2.08. The maximum Gasteiger partial charge on any atom is 0.180 e. The van der Waals surface area contributed by atoms with Crippen LogP contribution in [0.5, 0.6) is 0 Å². The molecule has 3 rings (SSSR count). The molecule has 0 amide bonds. The summed E-state index contributed by atoms with van der Waals surface area (Å²) in [7, 11) is 0. The number of aryl methyl sites for hydroxylation is 1. The van der Waals surface area contributed by atoms with Crippen molar-refractivity contribution in [2.24, 2.45) is 0 Å². The molecule has 4 nitrogen and oxygen atoms in total. The summed E-state index contributed by atoms with van der Waals surface area (Å²) in [6.07, 6.45) is 4.31. The van der Waals surface area contributed by atoms with Crippen molar-refractivity contribution >= 4 is 22.1 Å². The highest BCUT2D eigenvalue weighted by molar-refractivity contribution is 5.97. The van der Waals surface area contributed by atoms with E-state index in [1.165, 1.54) is 0 Å². The third-order valence-electron chi connectivity index (χ3n) is 2.31. The summed E-state index contributed by atoms with van der Waals surface area (Å²) in [5, 5.41) is 0. The first-order chi connectivity index (χ1) is 6.88. The fourth-order valence-corrected chi connectivity index (χ4v) is 1.59. The van der Waals surface area contributed by atoms with Crippen molar-refractivity contribution in [3.8, 4) is 0 Å². The van der Waals surface area contributed by atoms with Gasteiger partial charge in [0.2, 0.25) is 0 Å². The number of H-pyrrole nitrogens is 1. The second-order valence-corrected chi connectivity index (χ2v) is 3.19. The predicted molar refractivity (Wildman–Crippen MR) is 53.0 cm³/mol. The third-order valence-corrected chi connectivity index (χ3v) is 2.31. The van der Waals surface area contributed by atoms with Gasteiger partial charge >= 0.3 is 0 Å². The van der Waals surface area contributed by atoms with Crippen LogP contribution >= 0.6 is 0 Å². The first kappa shape index (κ1) is 7.55. The molecule has 3 heterocycles. The molecule has 3 aromatic rings. The van der Waals surface area contributed by atoms with Gasteiger partial charge in [-0.3, -0.25) is 4.98 Å². The molecule has 70 valence electrons. The van der Waals surface area contributed by atoms with Crippen LogP contribution in [0.2, 0.25) is 0 Å². The van der Waals surface area contributed by atoms with Gasteiger partial charge < -0.3 is 9.40 Å². The number of rotatable bonds is 1. The molecule has 0 aliphatic heterocycles. The molecule has 3 aromatic heterocycles. The van der Waals surface area contributed by atoms with E-state index in [2.05, 4.69) is 21.9 Å². The summed E-state index contributed by atoms with van der Waals surface area (Å²) < 4.78 is 5.34. The first-order valence-electron chi connectivity index (χ1n) is 4.59. The molecule has 0 radical (unpaired) electrons. The highest BCUT2D eigenvalue weighted by atomic mass is 16.3. The Morgan fingerprint density at radius 1 is 1.50 bits per heavy atom. The van der Waals surface area contributed by atoms with Gasteiger partial charge in [-0.25, -0.2) is 4.98 Å². The Labute approximate surface area is 80.0 Å². The second-order valence-electron chi connectivity index (χ2n) is 3.19. The van der Waals surface area contributed by atoms with E-state index in [-0.39, 0.29) is 0 Å². The van der Waals surface area contributed by atoms with Gasteiger partial charge in [0.05, 0.1) is 18.0 Å². The van der Waals surface area contributed by atoms with Gasteiger partial charge in [-0.15, -0.1) is 0 Å². The fourth-order valence-electron chi connectivity index (χ4n) is 1.59. The molecule has 0 atom stereocenters. The van der Waals surface area contributed by atoms with E-state index in [1.807, 2.05) is 6.07 Å². The largest absolute Gasteiger partial charge is 0.460 e. The molecule has 14 heavy (non-hydrogen) atoms. The molecule has 0 fully saturated rings. The van der Waals surface area contributed by atoms with Gasteiger partial charge in [-0.2, -0.15) is 0 Å². The number of aromatic nitrogens is 3. The quantitative estimate of drug-likeness (QED) is 0.635. The molecule has 1 N–H and O–H groups in total. The molecule has 0 aliphatic rings. The number of nitrogens with zero attached hydrogens (tertiary/aromatic N) is 2. The minimum absolute atomic E-state index is 0.762. The molecule has 0 bridgehead atoms. The van der Waals surface area contributed by atoms with Crippen LogP contribution in [0.3, 0.4) is 0 Å². The zero-order valence-corrected chi connectivity index (χ0v) is 7.74. The van der Waals surface area contributed by atoms with Crippen molar-refractivity contribution in [3.05, 3.63) is 24.4 Å². The Bertz CT molecular complexity index is 593. The first-order valence-corrected chi connectivity index (χ1v) is 4.59. The Morgan fingerprint density at radius 3 is 3.29 bits per heavy atom. The van der Waals surface area contributed by atoms with Crippen LogP contribution in [-0.4, -0.2) is 15.0 Å². The molecule has 0 spiro atoms.